The van der Waals surface area contributed by atoms with Crippen molar-refractivity contribution in [2.45, 2.75) is 19.6 Å². The smallest absolute Gasteiger partial charge is 0.346 e. The molecule has 1 aliphatic heterocycles. The van der Waals surface area contributed by atoms with E-state index in [2.05, 4.69) is 26.7 Å². The lowest BCUT2D eigenvalue weighted by Crippen LogP contribution is -2.24. The molecule has 0 spiro atoms. The standard InChI is InChI=1S/C17H15BrO4/c1-10(17(19)20-2)22-13-5-6-14-15-7-12(18)4-3-11(15)9-21-16(14)8-13/h3-8,10H,9H2,1-2H3/t10-/m0/s1. The Labute approximate surface area is 137 Å². The Balaban J connectivity index is 1.91. The Morgan fingerprint density at radius 1 is 1.23 bits per heavy atom. The molecule has 0 bridgehead atoms. The summed E-state index contributed by atoms with van der Waals surface area (Å²) in [6.07, 6.45) is -0.659. The van der Waals surface area contributed by atoms with Gasteiger partial charge in [0.2, 0.25) is 0 Å². The molecule has 0 fully saturated rings. The van der Waals surface area contributed by atoms with Crippen LogP contribution in [0.15, 0.2) is 40.9 Å². The van der Waals surface area contributed by atoms with Crippen LogP contribution in [0.1, 0.15) is 12.5 Å². The molecule has 0 aliphatic carbocycles. The van der Waals surface area contributed by atoms with Gasteiger partial charge in [-0.25, -0.2) is 4.79 Å². The topological polar surface area (TPSA) is 44.8 Å². The lowest BCUT2D eigenvalue weighted by atomic mass is 9.97. The minimum Gasteiger partial charge on any atom is -0.488 e. The summed E-state index contributed by atoms with van der Waals surface area (Å²) < 4.78 is 17.1. The highest BCUT2D eigenvalue weighted by Crippen LogP contribution is 2.40. The van der Waals surface area contributed by atoms with E-state index < -0.39 is 12.1 Å². The van der Waals surface area contributed by atoms with Crippen LogP contribution in [0.3, 0.4) is 0 Å². The summed E-state index contributed by atoms with van der Waals surface area (Å²) in [7, 11) is 1.34. The van der Waals surface area contributed by atoms with E-state index in [1.165, 1.54) is 7.11 Å². The number of fused-ring (bicyclic) bond motifs is 3. The van der Waals surface area contributed by atoms with Crippen molar-refractivity contribution in [2.24, 2.45) is 0 Å². The molecule has 1 aliphatic rings. The van der Waals surface area contributed by atoms with E-state index >= 15 is 0 Å². The molecule has 0 radical (unpaired) electrons. The summed E-state index contributed by atoms with van der Waals surface area (Å²) in [5.41, 5.74) is 3.30. The van der Waals surface area contributed by atoms with Crippen molar-refractivity contribution in [1.29, 1.82) is 0 Å². The Hall–Kier alpha value is -2.01. The molecule has 2 aromatic rings. The number of methoxy groups -OCH3 is 1. The largest absolute Gasteiger partial charge is 0.488 e. The lowest BCUT2D eigenvalue weighted by molar-refractivity contribution is -0.147. The molecule has 0 unspecified atom stereocenters. The van der Waals surface area contributed by atoms with Crippen molar-refractivity contribution in [3.8, 4) is 22.6 Å². The molecule has 0 amide bonds. The third-order valence-corrected chi connectivity index (χ3v) is 4.04. The molecule has 0 saturated carbocycles. The second-order valence-corrected chi connectivity index (χ2v) is 5.95. The van der Waals surface area contributed by atoms with Gasteiger partial charge in [-0.3, -0.25) is 0 Å². The molecule has 0 saturated heterocycles. The van der Waals surface area contributed by atoms with Crippen molar-refractivity contribution >= 4 is 21.9 Å². The first kappa shape index (κ1) is 14.9. The number of esters is 1. The van der Waals surface area contributed by atoms with Crippen LogP contribution < -0.4 is 9.47 Å². The van der Waals surface area contributed by atoms with E-state index in [1.54, 1.807) is 13.0 Å². The average Bonchev–Trinajstić information content (AvgIpc) is 2.53. The van der Waals surface area contributed by atoms with E-state index in [0.717, 1.165) is 26.9 Å². The molecule has 1 atom stereocenters. The highest BCUT2D eigenvalue weighted by Gasteiger charge is 2.20. The number of hydrogen-bond acceptors (Lipinski definition) is 4. The van der Waals surface area contributed by atoms with Gasteiger partial charge in [0.05, 0.1) is 7.11 Å². The number of carbonyl (C=O) groups is 1. The van der Waals surface area contributed by atoms with Gasteiger partial charge in [0.15, 0.2) is 6.10 Å². The minimum atomic E-state index is -0.659. The quantitative estimate of drug-likeness (QED) is 0.775. The van der Waals surface area contributed by atoms with Gasteiger partial charge < -0.3 is 14.2 Å². The zero-order chi connectivity index (χ0) is 15.7. The van der Waals surface area contributed by atoms with E-state index in [4.69, 9.17) is 9.47 Å². The third-order valence-electron chi connectivity index (χ3n) is 3.54. The average molecular weight is 363 g/mol. The van der Waals surface area contributed by atoms with E-state index in [-0.39, 0.29) is 0 Å². The predicted molar refractivity (Wildman–Crippen MR) is 86.0 cm³/mol. The fourth-order valence-electron chi connectivity index (χ4n) is 2.42. The maximum Gasteiger partial charge on any atom is 0.346 e. The molecule has 5 heteroatoms. The molecular weight excluding hydrogens is 348 g/mol. The number of benzene rings is 2. The molecule has 3 rings (SSSR count). The van der Waals surface area contributed by atoms with Gasteiger partial charge in [-0.2, -0.15) is 0 Å². The van der Waals surface area contributed by atoms with Crippen LogP contribution in [0.4, 0.5) is 0 Å². The highest BCUT2D eigenvalue weighted by molar-refractivity contribution is 9.10. The molecule has 0 N–H and O–H groups in total. The van der Waals surface area contributed by atoms with Crippen LogP contribution in [-0.4, -0.2) is 19.2 Å². The van der Waals surface area contributed by atoms with Gasteiger partial charge in [-0.05, 0) is 42.3 Å². The Kier molecular flexibility index (Phi) is 4.07. The summed E-state index contributed by atoms with van der Waals surface area (Å²) >= 11 is 3.50. The number of ether oxygens (including phenoxy) is 3. The monoisotopic (exact) mass is 362 g/mol. The van der Waals surface area contributed by atoms with Crippen molar-refractivity contribution < 1.29 is 19.0 Å². The van der Waals surface area contributed by atoms with Crippen LogP contribution in [0, 0.1) is 0 Å². The number of carbonyl (C=O) groups excluding carboxylic acids is 1. The van der Waals surface area contributed by atoms with Gasteiger partial charge >= 0.3 is 5.97 Å². The first-order valence-corrected chi connectivity index (χ1v) is 7.68. The summed E-state index contributed by atoms with van der Waals surface area (Å²) in [5, 5.41) is 0. The first-order valence-electron chi connectivity index (χ1n) is 6.88. The SMILES string of the molecule is COC(=O)[C@H](C)Oc1ccc2c(c1)OCc1ccc(Br)cc1-2. The zero-order valence-electron chi connectivity index (χ0n) is 12.3. The molecule has 1 heterocycles. The summed E-state index contributed by atoms with van der Waals surface area (Å²) in [4.78, 5) is 11.4. The summed E-state index contributed by atoms with van der Waals surface area (Å²) in [6, 6.07) is 11.7. The molecule has 4 nitrogen and oxygen atoms in total. The van der Waals surface area contributed by atoms with E-state index in [9.17, 15) is 4.79 Å². The highest BCUT2D eigenvalue weighted by atomic mass is 79.9. The number of hydrogen-bond donors (Lipinski definition) is 0. The Bertz CT molecular complexity index is 727. The molecule has 2 aromatic carbocycles. The molecule has 22 heavy (non-hydrogen) atoms. The number of rotatable bonds is 3. The normalized spacial score (nSPS) is 13.4. The summed E-state index contributed by atoms with van der Waals surface area (Å²) in [5.74, 6) is 0.920. The second-order valence-electron chi connectivity index (χ2n) is 5.03. The molecule has 114 valence electrons. The van der Waals surface area contributed by atoms with Gasteiger partial charge in [0, 0.05) is 16.1 Å². The fraction of sp³-hybridized carbons (Fsp3) is 0.235. The van der Waals surface area contributed by atoms with E-state index in [0.29, 0.717) is 12.4 Å². The minimum absolute atomic E-state index is 0.409. The van der Waals surface area contributed by atoms with Crippen LogP contribution >= 0.6 is 15.9 Å². The summed E-state index contributed by atoms with van der Waals surface area (Å²) in [6.45, 7) is 2.17. The van der Waals surface area contributed by atoms with Crippen LogP contribution in [0.25, 0.3) is 11.1 Å². The van der Waals surface area contributed by atoms with Crippen molar-refractivity contribution in [3.63, 3.8) is 0 Å². The van der Waals surface area contributed by atoms with Gasteiger partial charge in [-0.1, -0.05) is 22.0 Å². The van der Waals surface area contributed by atoms with Crippen molar-refractivity contribution in [3.05, 3.63) is 46.4 Å². The zero-order valence-corrected chi connectivity index (χ0v) is 13.8. The predicted octanol–water partition coefficient (Wildman–Crippen LogP) is 3.95. The maximum absolute atomic E-state index is 11.4. The first-order chi connectivity index (χ1) is 10.6. The van der Waals surface area contributed by atoms with Gasteiger partial charge in [-0.15, -0.1) is 0 Å². The third kappa shape index (κ3) is 2.81. The van der Waals surface area contributed by atoms with Crippen LogP contribution in [-0.2, 0) is 16.1 Å². The van der Waals surface area contributed by atoms with Gasteiger partial charge in [0.1, 0.15) is 18.1 Å². The maximum atomic E-state index is 11.4. The van der Waals surface area contributed by atoms with E-state index in [1.807, 2.05) is 24.3 Å². The van der Waals surface area contributed by atoms with Crippen molar-refractivity contribution in [2.75, 3.05) is 7.11 Å². The molecular formula is C17H15BrO4. The Morgan fingerprint density at radius 3 is 2.82 bits per heavy atom. The fourth-order valence-corrected chi connectivity index (χ4v) is 2.78. The number of halogens is 1. The lowest BCUT2D eigenvalue weighted by Gasteiger charge is -2.22. The second kappa shape index (κ2) is 6.01. The van der Waals surface area contributed by atoms with Gasteiger partial charge in [0.25, 0.3) is 0 Å². The Morgan fingerprint density at radius 2 is 2.05 bits per heavy atom. The van der Waals surface area contributed by atoms with Crippen LogP contribution in [0.5, 0.6) is 11.5 Å². The molecule has 0 aromatic heterocycles. The van der Waals surface area contributed by atoms with Crippen LogP contribution in [0.2, 0.25) is 0 Å². The van der Waals surface area contributed by atoms with Crippen molar-refractivity contribution in [1.82, 2.24) is 0 Å².